The highest BCUT2D eigenvalue weighted by molar-refractivity contribution is 8.00. The van der Waals surface area contributed by atoms with Crippen LogP contribution in [0.15, 0.2) is 24.3 Å². The van der Waals surface area contributed by atoms with Crippen LogP contribution in [-0.4, -0.2) is 42.4 Å². The second kappa shape index (κ2) is 9.11. The number of hydrogen-bond donors (Lipinski definition) is 1. The van der Waals surface area contributed by atoms with Gasteiger partial charge in [0.1, 0.15) is 0 Å². The molecule has 3 nitrogen and oxygen atoms in total. The van der Waals surface area contributed by atoms with Gasteiger partial charge in [-0.05, 0) is 49.9 Å². The SMILES string of the molecule is CCSC(C(=O)Nc1ccc(CCN(C)C)cc1)C(C)C. The number of thioether (sulfide) groups is 1. The van der Waals surface area contributed by atoms with E-state index in [1.165, 1.54) is 5.56 Å². The van der Waals surface area contributed by atoms with Gasteiger partial charge in [0.25, 0.3) is 0 Å². The van der Waals surface area contributed by atoms with Gasteiger partial charge >= 0.3 is 0 Å². The van der Waals surface area contributed by atoms with Gasteiger partial charge < -0.3 is 10.2 Å². The third-order valence-corrected chi connectivity index (χ3v) is 4.73. The molecule has 0 aliphatic carbocycles. The molecule has 0 aromatic heterocycles. The van der Waals surface area contributed by atoms with Gasteiger partial charge in [0, 0.05) is 12.2 Å². The summed E-state index contributed by atoms with van der Waals surface area (Å²) < 4.78 is 0. The Labute approximate surface area is 133 Å². The minimum absolute atomic E-state index is 0.0171. The van der Waals surface area contributed by atoms with E-state index in [1.54, 1.807) is 11.8 Å². The van der Waals surface area contributed by atoms with Crippen LogP contribution in [0.1, 0.15) is 26.3 Å². The first-order chi connectivity index (χ1) is 9.93. The summed E-state index contributed by atoms with van der Waals surface area (Å²) in [6.45, 7) is 7.32. The van der Waals surface area contributed by atoms with Crippen LogP contribution in [0.3, 0.4) is 0 Å². The van der Waals surface area contributed by atoms with E-state index < -0.39 is 0 Å². The molecule has 1 aromatic rings. The maximum absolute atomic E-state index is 12.3. The van der Waals surface area contributed by atoms with Crippen LogP contribution in [0.5, 0.6) is 0 Å². The van der Waals surface area contributed by atoms with Gasteiger partial charge in [0.15, 0.2) is 0 Å². The molecule has 118 valence electrons. The van der Waals surface area contributed by atoms with Gasteiger partial charge in [-0.1, -0.05) is 32.9 Å². The fourth-order valence-electron chi connectivity index (χ4n) is 2.07. The number of carbonyl (C=O) groups is 1. The number of nitrogens with one attached hydrogen (secondary N) is 1. The van der Waals surface area contributed by atoms with Crippen molar-refractivity contribution in [3.8, 4) is 0 Å². The Bertz CT molecular complexity index is 429. The van der Waals surface area contributed by atoms with Gasteiger partial charge in [-0.3, -0.25) is 4.79 Å². The number of rotatable bonds is 8. The summed E-state index contributed by atoms with van der Waals surface area (Å²) in [4.78, 5) is 14.5. The van der Waals surface area contributed by atoms with Crippen molar-refractivity contribution in [2.24, 2.45) is 5.92 Å². The van der Waals surface area contributed by atoms with Gasteiger partial charge in [0.2, 0.25) is 5.91 Å². The number of hydrogen-bond acceptors (Lipinski definition) is 3. The smallest absolute Gasteiger partial charge is 0.237 e. The van der Waals surface area contributed by atoms with Crippen molar-refractivity contribution in [3.63, 3.8) is 0 Å². The van der Waals surface area contributed by atoms with Crippen LogP contribution in [0, 0.1) is 5.92 Å². The van der Waals surface area contributed by atoms with E-state index >= 15 is 0 Å². The minimum Gasteiger partial charge on any atom is -0.325 e. The van der Waals surface area contributed by atoms with Crippen molar-refractivity contribution in [2.75, 3.05) is 31.7 Å². The van der Waals surface area contributed by atoms with Crippen LogP contribution in [0.25, 0.3) is 0 Å². The molecule has 1 unspecified atom stereocenters. The third-order valence-electron chi connectivity index (χ3n) is 3.28. The van der Waals surface area contributed by atoms with E-state index in [0.717, 1.165) is 24.4 Å². The standard InChI is InChI=1S/C17H28N2OS/c1-6-21-16(13(2)3)17(20)18-15-9-7-14(8-10-15)11-12-19(4)5/h7-10,13,16H,6,11-12H2,1-5H3,(H,18,20). The second-order valence-corrected chi connectivity index (χ2v) is 7.28. The minimum atomic E-state index is 0.0171. The van der Waals surface area contributed by atoms with Crippen LogP contribution in [0.2, 0.25) is 0 Å². The lowest BCUT2D eigenvalue weighted by molar-refractivity contribution is -0.116. The van der Waals surface area contributed by atoms with Crippen molar-refractivity contribution in [2.45, 2.75) is 32.4 Å². The normalized spacial score (nSPS) is 12.7. The summed E-state index contributed by atoms with van der Waals surface area (Å²) in [5.74, 6) is 1.41. The summed E-state index contributed by atoms with van der Waals surface area (Å²) in [6, 6.07) is 8.18. The monoisotopic (exact) mass is 308 g/mol. The zero-order chi connectivity index (χ0) is 15.8. The largest absolute Gasteiger partial charge is 0.325 e. The van der Waals surface area contributed by atoms with Crippen molar-refractivity contribution < 1.29 is 4.79 Å². The quantitative estimate of drug-likeness (QED) is 0.797. The molecular weight excluding hydrogens is 280 g/mol. The van der Waals surface area contributed by atoms with Crippen molar-refractivity contribution >= 4 is 23.4 Å². The molecule has 0 fully saturated rings. The Balaban J connectivity index is 2.60. The first-order valence-corrected chi connectivity index (χ1v) is 8.65. The zero-order valence-electron chi connectivity index (χ0n) is 13.8. The Morgan fingerprint density at radius 2 is 1.86 bits per heavy atom. The fourth-order valence-corrected chi connectivity index (χ4v) is 3.03. The molecule has 0 aliphatic heterocycles. The molecule has 1 amide bonds. The number of likely N-dealkylation sites (N-methyl/N-ethyl adjacent to an activating group) is 1. The molecule has 0 spiro atoms. The maximum Gasteiger partial charge on any atom is 0.237 e. The summed E-state index contributed by atoms with van der Waals surface area (Å²) >= 11 is 1.71. The molecule has 1 N–H and O–H groups in total. The fraction of sp³-hybridized carbons (Fsp3) is 0.588. The van der Waals surface area contributed by atoms with Gasteiger partial charge in [-0.25, -0.2) is 0 Å². The number of benzene rings is 1. The predicted octanol–water partition coefficient (Wildman–Crippen LogP) is 3.51. The lowest BCUT2D eigenvalue weighted by Gasteiger charge is -2.19. The van der Waals surface area contributed by atoms with Gasteiger partial charge in [-0.2, -0.15) is 0 Å². The summed E-state index contributed by atoms with van der Waals surface area (Å²) in [5, 5.41) is 3.05. The molecule has 0 heterocycles. The molecule has 0 aliphatic rings. The molecule has 0 saturated heterocycles. The molecule has 0 saturated carbocycles. The van der Waals surface area contributed by atoms with E-state index in [4.69, 9.17) is 0 Å². The Morgan fingerprint density at radius 3 is 2.33 bits per heavy atom. The number of carbonyl (C=O) groups excluding carboxylic acids is 1. The molecular formula is C17H28N2OS. The average molecular weight is 308 g/mol. The molecule has 1 atom stereocenters. The average Bonchev–Trinajstić information content (AvgIpc) is 2.43. The van der Waals surface area contributed by atoms with Gasteiger partial charge in [0.05, 0.1) is 5.25 Å². The molecule has 0 radical (unpaired) electrons. The molecule has 4 heteroatoms. The highest BCUT2D eigenvalue weighted by atomic mass is 32.2. The van der Waals surface area contributed by atoms with Gasteiger partial charge in [-0.15, -0.1) is 11.8 Å². The summed E-state index contributed by atoms with van der Waals surface area (Å²) in [7, 11) is 4.15. The van der Waals surface area contributed by atoms with Crippen LogP contribution < -0.4 is 5.32 Å². The Morgan fingerprint density at radius 1 is 1.24 bits per heavy atom. The van der Waals surface area contributed by atoms with Crippen LogP contribution >= 0.6 is 11.8 Å². The Hall–Kier alpha value is -1.00. The van der Waals surface area contributed by atoms with E-state index in [9.17, 15) is 4.79 Å². The third kappa shape index (κ3) is 6.53. The molecule has 1 rings (SSSR count). The van der Waals surface area contributed by atoms with E-state index in [0.29, 0.717) is 5.92 Å². The topological polar surface area (TPSA) is 32.3 Å². The first-order valence-electron chi connectivity index (χ1n) is 7.60. The van der Waals surface area contributed by atoms with Crippen molar-refractivity contribution in [1.29, 1.82) is 0 Å². The maximum atomic E-state index is 12.3. The molecule has 0 bridgehead atoms. The molecule has 21 heavy (non-hydrogen) atoms. The van der Waals surface area contributed by atoms with Crippen LogP contribution in [-0.2, 0) is 11.2 Å². The summed E-state index contributed by atoms with van der Waals surface area (Å²) in [6.07, 6.45) is 1.03. The highest BCUT2D eigenvalue weighted by Gasteiger charge is 2.21. The second-order valence-electron chi connectivity index (χ2n) is 5.86. The predicted molar refractivity (Wildman–Crippen MR) is 94.1 cm³/mol. The lowest BCUT2D eigenvalue weighted by Crippen LogP contribution is -2.29. The van der Waals surface area contributed by atoms with Crippen molar-refractivity contribution in [1.82, 2.24) is 4.90 Å². The first kappa shape index (κ1) is 18.1. The lowest BCUT2D eigenvalue weighted by atomic mass is 10.1. The summed E-state index contributed by atoms with van der Waals surface area (Å²) in [5.41, 5.74) is 2.18. The zero-order valence-corrected chi connectivity index (χ0v) is 14.7. The van der Waals surface area contributed by atoms with E-state index in [1.807, 2.05) is 12.1 Å². The number of anilines is 1. The molecule has 1 aromatic carbocycles. The highest BCUT2D eigenvalue weighted by Crippen LogP contribution is 2.21. The van der Waals surface area contributed by atoms with Crippen molar-refractivity contribution in [3.05, 3.63) is 29.8 Å². The van der Waals surface area contributed by atoms with E-state index in [-0.39, 0.29) is 11.2 Å². The number of nitrogens with zero attached hydrogens (tertiary/aromatic N) is 1. The number of amides is 1. The van der Waals surface area contributed by atoms with E-state index in [2.05, 4.69) is 57.2 Å². The van der Waals surface area contributed by atoms with Crippen LogP contribution in [0.4, 0.5) is 5.69 Å². The Kier molecular flexibility index (Phi) is 7.83.